The van der Waals surface area contributed by atoms with Crippen LogP contribution in [0.25, 0.3) is 4.85 Å². The number of carbonyl (C=O) groups is 3. The quantitative estimate of drug-likeness (QED) is 0.356. The van der Waals surface area contributed by atoms with Crippen molar-refractivity contribution in [2.24, 2.45) is 50.7 Å². The second kappa shape index (κ2) is 8.74. The average molecular weight is 518 g/mol. The number of nitrogens with zero attached hydrogens (tertiary/aromatic N) is 1. The van der Waals surface area contributed by atoms with E-state index >= 15 is 0 Å². The van der Waals surface area contributed by atoms with Gasteiger partial charge in [-0.2, -0.15) is 0 Å². The molecule has 5 rings (SSSR count). The maximum absolute atomic E-state index is 14.5. The SMILES string of the molecule is [C-]#[N+]C1=C[C@]2(C)C3=CC(=O)[C@@H]4[C@@H]5CC(C)(C)CC[C@]5(CCC(=O)CC)CC[C@@]4(C)[C@]3(C)CC[C@H]2[C@H](C)C1=O. The molecule has 0 aromatic heterocycles. The van der Waals surface area contributed by atoms with Crippen molar-refractivity contribution in [3.8, 4) is 0 Å². The standard InChI is InChI=1S/C34H47NO3/c1-9-22(36)10-13-34-16-14-30(3,4)19-24(34)28-26(37)18-27-31(5)20-25(35-8)29(38)21(2)23(31)11-12-32(27,6)33(28,7)15-17-34/h18,20-21,23-24,28H,9-17,19H2,1-7H3/t21-,23-,24-,28-,31-,32+,33+,34+/m0/s1. The van der Waals surface area contributed by atoms with Crippen molar-refractivity contribution in [2.75, 3.05) is 0 Å². The van der Waals surface area contributed by atoms with Gasteiger partial charge in [-0.1, -0.05) is 60.1 Å². The van der Waals surface area contributed by atoms with E-state index in [1.165, 1.54) is 5.57 Å². The number of rotatable bonds is 4. The summed E-state index contributed by atoms with van der Waals surface area (Å²) in [6.07, 6.45) is 13.4. The van der Waals surface area contributed by atoms with E-state index in [9.17, 15) is 14.4 Å². The van der Waals surface area contributed by atoms with Crippen LogP contribution in [0.15, 0.2) is 23.4 Å². The molecule has 5 aliphatic carbocycles. The molecule has 0 heterocycles. The molecule has 3 fully saturated rings. The number of carbonyl (C=O) groups excluding carboxylic acids is 3. The lowest BCUT2D eigenvalue weighted by Gasteiger charge is -2.69. The maximum atomic E-state index is 14.5. The molecule has 0 unspecified atom stereocenters. The van der Waals surface area contributed by atoms with Gasteiger partial charge >= 0.3 is 0 Å². The highest BCUT2D eigenvalue weighted by molar-refractivity contribution is 6.01. The Morgan fingerprint density at radius 1 is 1.03 bits per heavy atom. The van der Waals surface area contributed by atoms with Gasteiger partial charge in [-0.3, -0.25) is 9.59 Å². The van der Waals surface area contributed by atoms with Crippen LogP contribution in [0.2, 0.25) is 0 Å². The third kappa shape index (κ3) is 3.62. The second-order valence-electron chi connectivity index (χ2n) is 15.1. The Morgan fingerprint density at radius 3 is 2.37 bits per heavy atom. The number of hydrogen-bond donors (Lipinski definition) is 0. The van der Waals surface area contributed by atoms with Gasteiger partial charge < -0.3 is 4.79 Å². The smallest absolute Gasteiger partial charge is 0.226 e. The van der Waals surface area contributed by atoms with Gasteiger partial charge in [-0.15, -0.1) is 0 Å². The zero-order valence-electron chi connectivity index (χ0n) is 24.7. The van der Waals surface area contributed by atoms with Crippen LogP contribution >= 0.6 is 0 Å². The number of fused-ring (bicyclic) bond motifs is 7. The van der Waals surface area contributed by atoms with Crippen LogP contribution < -0.4 is 0 Å². The summed E-state index contributed by atoms with van der Waals surface area (Å²) in [5.41, 5.74) is 0.919. The van der Waals surface area contributed by atoms with E-state index in [1.54, 1.807) is 0 Å². The van der Waals surface area contributed by atoms with Crippen molar-refractivity contribution in [2.45, 2.75) is 113 Å². The Morgan fingerprint density at radius 2 is 1.71 bits per heavy atom. The molecule has 4 heteroatoms. The van der Waals surface area contributed by atoms with Crippen molar-refractivity contribution in [1.82, 2.24) is 0 Å². The normalized spacial score (nSPS) is 45.4. The summed E-state index contributed by atoms with van der Waals surface area (Å²) in [5.74, 6) is 0.759. The van der Waals surface area contributed by atoms with Crippen molar-refractivity contribution >= 4 is 17.3 Å². The highest BCUT2D eigenvalue weighted by Gasteiger charge is 2.68. The third-order valence-corrected chi connectivity index (χ3v) is 13.0. The van der Waals surface area contributed by atoms with Gasteiger partial charge in [-0.05, 0) is 90.9 Å². The summed E-state index contributed by atoms with van der Waals surface area (Å²) in [6.45, 7) is 23.3. The van der Waals surface area contributed by atoms with Gasteiger partial charge in [0.2, 0.25) is 5.70 Å². The number of Topliss-reactive ketones (excluding diaryl/α,β-unsaturated/α-hetero) is 2. The Hall–Kier alpha value is -2.02. The summed E-state index contributed by atoms with van der Waals surface area (Å²) in [7, 11) is 0. The minimum atomic E-state index is -0.447. The fraction of sp³-hybridized carbons (Fsp3) is 0.765. The minimum absolute atomic E-state index is 0.0339. The lowest BCUT2D eigenvalue weighted by Crippen LogP contribution is -2.64. The molecule has 0 saturated heterocycles. The number of ketones is 3. The van der Waals surface area contributed by atoms with Crippen LogP contribution in [0, 0.1) is 57.3 Å². The fourth-order valence-electron chi connectivity index (χ4n) is 10.3. The molecular formula is C34H47NO3. The Labute approximate surface area is 229 Å². The molecule has 0 aromatic rings. The van der Waals surface area contributed by atoms with Gasteiger partial charge in [0.05, 0.1) is 6.57 Å². The van der Waals surface area contributed by atoms with Crippen molar-refractivity contribution < 1.29 is 14.4 Å². The number of hydrogen-bond acceptors (Lipinski definition) is 3. The van der Waals surface area contributed by atoms with Gasteiger partial charge in [-0.25, -0.2) is 4.85 Å². The molecule has 0 N–H and O–H groups in total. The average Bonchev–Trinajstić information content (AvgIpc) is 2.86. The minimum Gasteiger partial charge on any atom is -0.308 e. The molecule has 3 saturated carbocycles. The fourth-order valence-corrected chi connectivity index (χ4v) is 10.3. The Bertz CT molecular complexity index is 1180. The monoisotopic (exact) mass is 517 g/mol. The van der Waals surface area contributed by atoms with Crippen molar-refractivity contribution in [1.29, 1.82) is 0 Å². The molecule has 38 heavy (non-hydrogen) atoms. The molecule has 206 valence electrons. The van der Waals surface area contributed by atoms with Gasteiger partial charge in [0.25, 0.3) is 0 Å². The first kappa shape index (κ1) is 27.5. The summed E-state index contributed by atoms with van der Waals surface area (Å²) in [4.78, 5) is 43.5. The van der Waals surface area contributed by atoms with E-state index in [-0.39, 0.29) is 56.7 Å². The molecule has 0 bridgehead atoms. The molecule has 0 spiro atoms. The zero-order chi connectivity index (χ0) is 27.9. The molecule has 0 amide bonds. The topological polar surface area (TPSA) is 55.6 Å². The molecule has 5 aliphatic rings. The van der Waals surface area contributed by atoms with Gasteiger partial charge in [0, 0.05) is 30.1 Å². The summed E-state index contributed by atoms with van der Waals surface area (Å²) >= 11 is 0. The predicted molar refractivity (Wildman–Crippen MR) is 150 cm³/mol. The zero-order valence-corrected chi connectivity index (χ0v) is 24.7. The van der Waals surface area contributed by atoms with Gasteiger partial charge in [0.15, 0.2) is 11.6 Å². The summed E-state index contributed by atoms with van der Waals surface area (Å²) < 4.78 is 0. The molecule has 0 aromatic carbocycles. The lowest BCUT2D eigenvalue weighted by atomic mass is 9.34. The third-order valence-electron chi connectivity index (χ3n) is 13.0. The van der Waals surface area contributed by atoms with Crippen LogP contribution in [0.4, 0.5) is 0 Å². The maximum Gasteiger partial charge on any atom is 0.226 e. The highest BCUT2D eigenvalue weighted by Crippen LogP contribution is 2.74. The second-order valence-corrected chi connectivity index (χ2v) is 15.1. The van der Waals surface area contributed by atoms with E-state index in [4.69, 9.17) is 6.57 Å². The molecule has 4 nitrogen and oxygen atoms in total. The Kier molecular flexibility index (Phi) is 6.33. The van der Waals surface area contributed by atoms with E-state index in [0.717, 1.165) is 51.4 Å². The first-order valence-electron chi connectivity index (χ1n) is 15.1. The van der Waals surface area contributed by atoms with Crippen molar-refractivity contribution in [3.05, 3.63) is 34.8 Å². The van der Waals surface area contributed by atoms with E-state index in [2.05, 4.69) is 39.5 Å². The molecule has 0 aliphatic heterocycles. The van der Waals surface area contributed by atoms with Crippen molar-refractivity contribution in [3.63, 3.8) is 0 Å². The van der Waals surface area contributed by atoms with E-state index in [0.29, 0.717) is 24.5 Å². The van der Waals surface area contributed by atoms with Crippen LogP contribution in [-0.2, 0) is 14.4 Å². The van der Waals surface area contributed by atoms with E-state index in [1.807, 2.05) is 26.0 Å². The lowest BCUT2D eigenvalue weighted by molar-refractivity contribution is -0.171. The first-order valence-corrected chi connectivity index (χ1v) is 15.1. The summed E-state index contributed by atoms with van der Waals surface area (Å²) in [6, 6.07) is 0. The van der Waals surface area contributed by atoms with Gasteiger partial charge in [0.1, 0.15) is 5.78 Å². The summed E-state index contributed by atoms with van der Waals surface area (Å²) in [5, 5.41) is 0. The Balaban J connectivity index is 1.63. The molecule has 8 atom stereocenters. The van der Waals surface area contributed by atoms with E-state index < -0.39 is 5.41 Å². The van der Waals surface area contributed by atoms with Crippen LogP contribution in [0.1, 0.15) is 113 Å². The largest absolute Gasteiger partial charge is 0.308 e. The first-order chi connectivity index (χ1) is 17.7. The molecular weight excluding hydrogens is 470 g/mol. The highest BCUT2D eigenvalue weighted by atomic mass is 16.1. The van der Waals surface area contributed by atoms with Crippen LogP contribution in [0.5, 0.6) is 0 Å². The molecule has 0 radical (unpaired) electrons. The van der Waals surface area contributed by atoms with Crippen LogP contribution in [0.3, 0.4) is 0 Å². The number of allylic oxidation sites excluding steroid dienone is 4. The van der Waals surface area contributed by atoms with Crippen LogP contribution in [-0.4, -0.2) is 17.3 Å². The predicted octanol–water partition coefficient (Wildman–Crippen LogP) is 7.93.